The molecule has 2 N–H and O–H groups in total. The smallest absolute Gasteiger partial charge is 0.390 e. The second-order valence-electron chi connectivity index (χ2n) is 4.34. The molecule has 4 nitrogen and oxygen atoms in total. The van der Waals surface area contributed by atoms with E-state index in [4.69, 9.17) is 4.74 Å². The van der Waals surface area contributed by atoms with E-state index in [1.165, 1.54) is 0 Å². The number of benzene rings is 1. The van der Waals surface area contributed by atoms with Crippen LogP contribution in [0.15, 0.2) is 29.3 Å². The summed E-state index contributed by atoms with van der Waals surface area (Å²) >= 11 is 0. The van der Waals surface area contributed by atoms with Crippen molar-refractivity contribution >= 4 is 29.9 Å². The number of nitrogens with one attached hydrogen (secondary N) is 2. The molecular formula is C14H21F3IN3O. The lowest BCUT2D eigenvalue weighted by Crippen LogP contribution is -2.38. The van der Waals surface area contributed by atoms with E-state index in [2.05, 4.69) is 15.6 Å². The Morgan fingerprint density at radius 1 is 1.27 bits per heavy atom. The van der Waals surface area contributed by atoms with Gasteiger partial charge < -0.3 is 15.4 Å². The van der Waals surface area contributed by atoms with Crippen molar-refractivity contribution in [3.05, 3.63) is 29.8 Å². The minimum atomic E-state index is -4.17. The van der Waals surface area contributed by atoms with Gasteiger partial charge in [-0.1, -0.05) is 12.1 Å². The number of nitrogens with zero attached hydrogens (tertiary/aromatic N) is 1. The van der Waals surface area contributed by atoms with Crippen LogP contribution in [0.25, 0.3) is 0 Å². The van der Waals surface area contributed by atoms with Gasteiger partial charge in [0.2, 0.25) is 0 Å². The summed E-state index contributed by atoms with van der Waals surface area (Å²) in [6.07, 6.45) is -5.06. The normalized spacial score (nSPS) is 11.6. The van der Waals surface area contributed by atoms with Gasteiger partial charge in [-0.3, -0.25) is 0 Å². The number of alkyl halides is 3. The molecule has 1 rings (SSSR count). The van der Waals surface area contributed by atoms with E-state index in [1.807, 2.05) is 31.2 Å². The zero-order valence-electron chi connectivity index (χ0n) is 12.5. The highest BCUT2D eigenvalue weighted by Crippen LogP contribution is 2.18. The van der Waals surface area contributed by atoms with Crippen molar-refractivity contribution in [2.45, 2.75) is 26.1 Å². The average molecular weight is 431 g/mol. The first-order valence-electron chi connectivity index (χ1n) is 6.66. The maximum Gasteiger partial charge on any atom is 0.390 e. The third-order valence-corrected chi connectivity index (χ3v) is 2.60. The molecule has 0 fully saturated rings. The first kappa shape index (κ1) is 20.8. The van der Waals surface area contributed by atoms with Crippen molar-refractivity contribution in [1.82, 2.24) is 10.6 Å². The summed E-state index contributed by atoms with van der Waals surface area (Å²) in [5.74, 6) is 1.09. The molecule has 0 atom stereocenters. The molecule has 0 radical (unpaired) electrons. The number of hydrogen-bond donors (Lipinski definition) is 2. The SMILES string of the molecule is CCNC(=NCc1cccc(OC)c1)NCCC(F)(F)F.I. The predicted octanol–water partition coefficient (Wildman–Crippen LogP) is 3.32. The summed E-state index contributed by atoms with van der Waals surface area (Å²) < 4.78 is 41.4. The first-order chi connectivity index (χ1) is 9.94. The Balaban J connectivity index is 0.00000441. The molecule has 0 aliphatic rings. The van der Waals surface area contributed by atoms with Gasteiger partial charge in [-0.2, -0.15) is 13.2 Å². The van der Waals surface area contributed by atoms with E-state index in [0.717, 1.165) is 11.3 Å². The van der Waals surface area contributed by atoms with Crippen LogP contribution in [0.2, 0.25) is 0 Å². The quantitative estimate of drug-likeness (QED) is 0.413. The van der Waals surface area contributed by atoms with Crippen LogP contribution in [0.1, 0.15) is 18.9 Å². The largest absolute Gasteiger partial charge is 0.497 e. The highest BCUT2D eigenvalue weighted by Gasteiger charge is 2.26. The van der Waals surface area contributed by atoms with E-state index < -0.39 is 12.6 Å². The monoisotopic (exact) mass is 431 g/mol. The Morgan fingerprint density at radius 2 is 2.00 bits per heavy atom. The number of ether oxygens (including phenoxy) is 1. The Morgan fingerprint density at radius 3 is 2.59 bits per heavy atom. The first-order valence-corrected chi connectivity index (χ1v) is 6.66. The summed E-state index contributed by atoms with van der Waals surface area (Å²) in [7, 11) is 1.57. The highest BCUT2D eigenvalue weighted by atomic mass is 127. The molecule has 0 aliphatic heterocycles. The molecule has 0 aliphatic carbocycles. The number of methoxy groups -OCH3 is 1. The van der Waals surface area contributed by atoms with Gasteiger partial charge in [0.25, 0.3) is 0 Å². The van der Waals surface area contributed by atoms with E-state index in [0.29, 0.717) is 19.0 Å². The van der Waals surface area contributed by atoms with Crippen LogP contribution in [0.3, 0.4) is 0 Å². The molecule has 0 aromatic heterocycles. The minimum absolute atomic E-state index is 0. The lowest BCUT2D eigenvalue weighted by atomic mass is 10.2. The van der Waals surface area contributed by atoms with Crippen LogP contribution in [0.4, 0.5) is 13.2 Å². The second kappa shape index (κ2) is 10.5. The van der Waals surface area contributed by atoms with Crippen molar-refractivity contribution in [3.63, 3.8) is 0 Å². The molecule has 1 aromatic carbocycles. The summed E-state index contributed by atoms with van der Waals surface area (Å²) in [4.78, 5) is 4.25. The van der Waals surface area contributed by atoms with E-state index >= 15 is 0 Å². The fraction of sp³-hybridized carbons (Fsp3) is 0.500. The molecule has 126 valence electrons. The zero-order chi connectivity index (χ0) is 15.7. The van der Waals surface area contributed by atoms with Gasteiger partial charge in [-0.05, 0) is 24.6 Å². The number of halogens is 4. The lowest BCUT2D eigenvalue weighted by molar-refractivity contribution is -0.132. The van der Waals surface area contributed by atoms with Gasteiger partial charge in [-0.15, -0.1) is 24.0 Å². The average Bonchev–Trinajstić information content (AvgIpc) is 2.43. The Bertz CT molecular complexity index is 467. The molecule has 0 saturated carbocycles. The van der Waals surface area contributed by atoms with E-state index in [1.54, 1.807) is 7.11 Å². The molecule has 0 saturated heterocycles. The van der Waals surface area contributed by atoms with Crippen LogP contribution >= 0.6 is 24.0 Å². The van der Waals surface area contributed by atoms with Crippen molar-refractivity contribution in [3.8, 4) is 5.75 Å². The van der Waals surface area contributed by atoms with Gasteiger partial charge in [0.05, 0.1) is 20.1 Å². The molecule has 8 heteroatoms. The van der Waals surface area contributed by atoms with Crippen LogP contribution in [-0.4, -0.2) is 32.3 Å². The topological polar surface area (TPSA) is 45.7 Å². The number of hydrogen-bond acceptors (Lipinski definition) is 2. The summed E-state index contributed by atoms with van der Waals surface area (Å²) in [5.41, 5.74) is 0.919. The number of guanidine groups is 1. The van der Waals surface area contributed by atoms with Crippen LogP contribution in [0.5, 0.6) is 5.75 Å². The Hall–Kier alpha value is -1.19. The Kier molecular flexibility index (Phi) is 9.95. The van der Waals surface area contributed by atoms with Gasteiger partial charge in [0, 0.05) is 13.1 Å². The third-order valence-electron chi connectivity index (χ3n) is 2.60. The number of aliphatic imine (C=N–C) groups is 1. The fourth-order valence-electron chi connectivity index (χ4n) is 1.61. The standard InChI is InChI=1S/C14H20F3N3O.HI/c1-3-18-13(19-8-7-14(15,16)17)20-10-11-5-4-6-12(9-11)21-2;/h4-6,9H,3,7-8,10H2,1-2H3,(H2,18,19,20);1H. The second-order valence-corrected chi connectivity index (χ2v) is 4.34. The predicted molar refractivity (Wildman–Crippen MR) is 91.9 cm³/mol. The zero-order valence-corrected chi connectivity index (χ0v) is 14.9. The summed E-state index contributed by atoms with van der Waals surface area (Å²) in [6.45, 7) is 2.59. The molecule has 0 bridgehead atoms. The molecule has 0 unspecified atom stereocenters. The molecule has 0 heterocycles. The molecule has 0 spiro atoms. The van der Waals surface area contributed by atoms with Gasteiger partial charge in [0.15, 0.2) is 5.96 Å². The minimum Gasteiger partial charge on any atom is -0.497 e. The molecule has 22 heavy (non-hydrogen) atoms. The van der Waals surface area contributed by atoms with Crippen LogP contribution in [0, 0.1) is 0 Å². The van der Waals surface area contributed by atoms with Crippen LogP contribution in [-0.2, 0) is 6.54 Å². The highest BCUT2D eigenvalue weighted by molar-refractivity contribution is 14.0. The maximum atomic E-state index is 12.1. The van der Waals surface area contributed by atoms with Crippen molar-refractivity contribution < 1.29 is 17.9 Å². The third kappa shape index (κ3) is 8.96. The fourth-order valence-corrected chi connectivity index (χ4v) is 1.61. The van der Waals surface area contributed by atoms with Gasteiger partial charge in [0.1, 0.15) is 5.75 Å². The molecule has 0 amide bonds. The van der Waals surface area contributed by atoms with Gasteiger partial charge >= 0.3 is 6.18 Å². The summed E-state index contributed by atoms with van der Waals surface area (Å²) in [5, 5.41) is 5.57. The van der Waals surface area contributed by atoms with Crippen molar-refractivity contribution in [2.75, 3.05) is 20.2 Å². The summed E-state index contributed by atoms with van der Waals surface area (Å²) in [6, 6.07) is 7.38. The van der Waals surface area contributed by atoms with Crippen LogP contribution < -0.4 is 15.4 Å². The van der Waals surface area contributed by atoms with E-state index in [-0.39, 0.29) is 30.5 Å². The maximum absolute atomic E-state index is 12.1. The van der Waals surface area contributed by atoms with Gasteiger partial charge in [-0.25, -0.2) is 4.99 Å². The van der Waals surface area contributed by atoms with E-state index in [9.17, 15) is 13.2 Å². The molecule has 1 aromatic rings. The Labute approximate surface area is 145 Å². The van der Waals surface area contributed by atoms with Crippen molar-refractivity contribution in [2.24, 2.45) is 4.99 Å². The van der Waals surface area contributed by atoms with Crippen molar-refractivity contribution in [1.29, 1.82) is 0 Å². The molecular weight excluding hydrogens is 410 g/mol. The number of rotatable bonds is 6. The lowest BCUT2D eigenvalue weighted by Gasteiger charge is -2.12.